The van der Waals surface area contributed by atoms with Gasteiger partial charge in [-0.2, -0.15) is 5.26 Å². The number of benzene rings is 1. The molecule has 1 aromatic carbocycles. The molecule has 2 N–H and O–H groups in total. The number of carbonyl (C=O) groups is 1. The molecule has 136 valence electrons. The Morgan fingerprint density at radius 3 is 2.93 bits per heavy atom. The molecule has 0 spiro atoms. The van der Waals surface area contributed by atoms with Crippen LogP contribution in [0.25, 0.3) is 0 Å². The first-order valence-corrected chi connectivity index (χ1v) is 9.49. The average molecular weight is 377 g/mol. The second-order valence-electron chi connectivity index (χ2n) is 5.85. The number of rotatable bonds is 8. The van der Waals surface area contributed by atoms with Gasteiger partial charge in [0.25, 0.3) is 5.91 Å². The van der Waals surface area contributed by atoms with Gasteiger partial charge in [-0.25, -0.2) is 9.97 Å². The van der Waals surface area contributed by atoms with E-state index in [4.69, 9.17) is 5.26 Å². The quantitative estimate of drug-likeness (QED) is 0.587. The fourth-order valence-corrected chi connectivity index (χ4v) is 3.23. The van der Waals surface area contributed by atoms with Gasteiger partial charge in [0.2, 0.25) is 0 Å². The van der Waals surface area contributed by atoms with Crippen molar-refractivity contribution in [1.82, 2.24) is 15.3 Å². The summed E-state index contributed by atoms with van der Waals surface area (Å²) in [5.41, 5.74) is 2.05. The molecule has 0 radical (unpaired) electrons. The Morgan fingerprint density at radius 2 is 2.11 bits per heavy atom. The molecule has 3 rings (SSSR count). The number of amides is 1. The number of thiazole rings is 1. The fraction of sp³-hybridized carbons (Fsp3) is 0.200. The van der Waals surface area contributed by atoms with Crippen LogP contribution >= 0.6 is 11.3 Å². The summed E-state index contributed by atoms with van der Waals surface area (Å²) in [7, 11) is 0. The maximum absolute atomic E-state index is 12.3. The Labute approximate surface area is 161 Å². The molecule has 0 aliphatic rings. The molecule has 2 heterocycles. The van der Waals surface area contributed by atoms with Crippen molar-refractivity contribution in [3.05, 3.63) is 75.9 Å². The van der Waals surface area contributed by atoms with E-state index < -0.39 is 0 Å². The van der Waals surface area contributed by atoms with Crippen LogP contribution in [-0.4, -0.2) is 22.4 Å². The number of hydrogen-bond acceptors (Lipinski definition) is 6. The molecule has 0 atom stereocenters. The summed E-state index contributed by atoms with van der Waals surface area (Å²) >= 11 is 1.63. The molecule has 1 amide bonds. The van der Waals surface area contributed by atoms with Gasteiger partial charge in [0.15, 0.2) is 0 Å². The molecule has 0 bridgehead atoms. The van der Waals surface area contributed by atoms with Crippen LogP contribution < -0.4 is 10.6 Å². The van der Waals surface area contributed by atoms with E-state index in [9.17, 15) is 4.79 Å². The van der Waals surface area contributed by atoms with Crippen molar-refractivity contribution in [2.24, 2.45) is 0 Å². The zero-order valence-electron chi connectivity index (χ0n) is 14.7. The summed E-state index contributed by atoms with van der Waals surface area (Å²) in [5.74, 6) is 0.448. The molecule has 0 aliphatic heterocycles. The second-order valence-corrected chi connectivity index (χ2v) is 6.83. The number of pyridine rings is 1. The van der Waals surface area contributed by atoms with Crippen molar-refractivity contribution in [1.29, 1.82) is 5.26 Å². The van der Waals surface area contributed by atoms with Crippen molar-refractivity contribution >= 4 is 23.1 Å². The lowest BCUT2D eigenvalue weighted by atomic mass is 10.1. The molecule has 0 saturated carbocycles. The lowest BCUT2D eigenvalue weighted by Crippen LogP contribution is -2.24. The summed E-state index contributed by atoms with van der Waals surface area (Å²) in [6.07, 6.45) is 5.16. The molecule has 27 heavy (non-hydrogen) atoms. The zero-order valence-corrected chi connectivity index (χ0v) is 15.5. The average Bonchev–Trinajstić information content (AvgIpc) is 3.23. The summed E-state index contributed by atoms with van der Waals surface area (Å²) in [5, 5.41) is 18.2. The predicted octanol–water partition coefficient (Wildman–Crippen LogP) is 3.38. The number of carbonyl (C=O) groups excluding carboxylic acids is 1. The molecule has 0 aliphatic carbocycles. The molecule has 6 nitrogen and oxygen atoms in total. The highest BCUT2D eigenvalue weighted by atomic mass is 32.1. The Morgan fingerprint density at radius 1 is 1.19 bits per heavy atom. The second kappa shape index (κ2) is 9.46. The summed E-state index contributed by atoms with van der Waals surface area (Å²) in [6.45, 7) is 1.09. The van der Waals surface area contributed by atoms with E-state index in [1.54, 1.807) is 41.9 Å². The lowest BCUT2D eigenvalue weighted by molar-refractivity contribution is 0.0953. The number of nitriles is 1. The molecule has 0 unspecified atom stereocenters. The Balaban J connectivity index is 1.51. The summed E-state index contributed by atoms with van der Waals surface area (Å²) in [6, 6.07) is 13.0. The van der Waals surface area contributed by atoms with Crippen molar-refractivity contribution in [3.63, 3.8) is 0 Å². The maximum Gasteiger partial charge on any atom is 0.251 e. The van der Waals surface area contributed by atoms with Gasteiger partial charge in [0.1, 0.15) is 11.9 Å². The van der Waals surface area contributed by atoms with E-state index in [0.29, 0.717) is 30.0 Å². The SMILES string of the molecule is N#Cc1cccnc1NCc1cccc(C(=O)NCCCc2nccs2)c1. The van der Waals surface area contributed by atoms with Gasteiger partial charge in [-0.05, 0) is 36.2 Å². The molecular weight excluding hydrogens is 358 g/mol. The number of anilines is 1. The molecule has 2 aromatic heterocycles. The smallest absolute Gasteiger partial charge is 0.251 e. The van der Waals surface area contributed by atoms with Gasteiger partial charge in [0, 0.05) is 42.8 Å². The van der Waals surface area contributed by atoms with E-state index in [1.165, 1.54) is 0 Å². The third-order valence-electron chi connectivity index (χ3n) is 3.91. The minimum Gasteiger partial charge on any atom is -0.365 e. The maximum atomic E-state index is 12.3. The van der Waals surface area contributed by atoms with Gasteiger partial charge in [-0.1, -0.05) is 12.1 Å². The van der Waals surface area contributed by atoms with E-state index in [2.05, 4.69) is 26.7 Å². The summed E-state index contributed by atoms with van der Waals surface area (Å²) < 4.78 is 0. The number of nitrogens with one attached hydrogen (secondary N) is 2. The first kappa shape index (κ1) is 18.5. The number of nitrogens with zero attached hydrogens (tertiary/aromatic N) is 3. The van der Waals surface area contributed by atoms with Crippen molar-refractivity contribution < 1.29 is 4.79 Å². The molecule has 0 saturated heterocycles. The van der Waals surface area contributed by atoms with Crippen LogP contribution in [0.15, 0.2) is 54.2 Å². The van der Waals surface area contributed by atoms with Gasteiger partial charge < -0.3 is 10.6 Å². The number of aromatic nitrogens is 2. The normalized spacial score (nSPS) is 10.2. The summed E-state index contributed by atoms with van der Waals surface area (Å²) in [4.78, 5) is 20.7. The van der Waals surface area contributed by atoms with Gasteiger partial charge in [-0.15, -0.1) is 11.3 Å². The van der Waals surface area contributed by atoms with Crippen LogP contribution in [0.2, 0.25) is 0 Å². The minimum absolute atomic E-state index is 0.0912. The minimum atomic E-state index is -0.0912. The molecular formula is C20H19N5OS. The fourth-order valence-electron chi connectivity index (χ4n) is 2.56. The van der Waals surface area contributed by atoms with Crippen LogP contribution in [0, 0.1) is 11.3 Å². The highest BCUT2D eigenvalue weighted by Gasteiger charge is 2.07. The highest BCUT2D eigenvalue weighted by molar-refractivity contribution is 7.09. The predicted molar refractivity (Wildman–Crippen MR) is 105 cm³/mol. The van der Waals surface area contributed by atoms with Crippen LogP contribution in [0.1, 0.15) is 32.9 Å². The van der Waals surface area contributed by atoms with Gasteiger partial charge >= 0.3 is 0 Å². The monoisotopic (exact) mass is 377 g/mol. The van der Waals surface area contributed by atoms with E-state index >= 15 is 0 Å². The molecule has 0 fully saturated rings. The largest absolute Gasteiger partial charge is 0.365 e. The van der Waals surface area contributed by atoms with E-state index in [1.807, 2.05) is 23.6 Å². The van der Waals surface area contributed by atoms with Crippen molar-refractivity contribution in [2.45, 2.75) is 19.4 Å². The lowest BCUT2D eigenvalue weighted by Gasteiger charge is -2.09. The van der Waals surface area contributed by atoms with Gasteiger partial charge in [0.05, 0.1) is 10.6 Å². The van der Waals surface area contributed by atoms with E-state index in [-0.39, 0.29) is 5.91 Å². The van der Waals surface area contributed by atoms with E-state index in [0.717, 1.165) is 23.4 Å². The van der Waals surface area contributed by atoms with Crippen molar-refractivity contribution in [2.75, 3.05) is 11.9 Å². The van der Waals surface area contributed by atoms with Crippen LogP contribution in [0.5, 0.6) is 0 Å². The first-order chi connectivity index (χ1) is 13.3. The topological polar surface area (TPSA) is 90.7 Å². The third kappa shape index (κ3) is 5.36. The first-order valence-electron chi connectivity index (χ1n) is 8.61. The number of aryl methyl sites for hydroxylation is 1. The van der Waals surface area contributed by atoms with Gasteiger partial charge in [-0.3, -0.25) is 4.79 Å². The standard InChI is InChI=1S/C20H19N5OS/c21-13-17-6-2-8-23-19(17)25-14-15-4-1-5-16(12-15)20(26)24-9-3-7-18-22-10-11-27-18/h1-2,4-6,8,10-12H,3,7,9,14H2,(H,23,25)(H,24,26). The Hall–Kier alpha value is -3.24. The third-order valence-corrected chi connectivity index (χ3v) is 4.75. The Bertz CT molecular complexity index is 934. The molecule has 3 aromatic rings. The zero-order chi connectivity index (χ0) is 18.9. The Kier molecular flexibility index (Phi) is 6.50. The van der Waals surface area contributed by atoms with Crippen LogP contribution in [-0.2, 0) is 13.0 Å². The molecule has 7 heteroatoms. The van der Waals surface area contributed by atoms with Crippen LogP contribution in [0.4, 0.5) is 5.82 Å². The van der Waals surface area contributed by atoms with Crippen molar-refractivity contribution in [3.8, 4) is 6.07 Å². The number of hydrogen-bond donors (Lipinski definition) is 2. The highest BCUT2D eigenvalue weighted by Crippen LogP contribution is 2.13. The van der Waals surface area contributed by atoms with Crippen LogP contribution in [0.3, 0.4) is 0 Å².